The second-order valence-corrected chi connectivity index (χ2v) is 11.4. The van der Waals surface area contributed by atoms with Crippen LogP contribution in [-0.2, 0) is 0 Å². The summed E-state index contributed by atoms with van der Waals surface area (Å²) >= 11 is 0. The fourth-order valence-corrected chi connectivity index (χ4v) is 6.50. The van der Waals surface area contributed by atoms with Crippen LogP contribution in [-0.4, -0.2) is 18.5 Å². The summed E-state index contributed by atoms with van der Waals surface area (Å²) in [6.45, 7) is 6.87. The highest BCUT2D eigenvalue weighted by atomic mass is 31.1. The molecule has 136 valence electrons. The number of hydrogen-bond donors (Lipinski definition) is 0. The maximum Gasteiger partial charge on any atom is -0.0134 e. The summed E-state index contributed by atoms with van der Waals surface area (Å²) in [6, 6.07) is 32.3. The van der Waals surface area contributed by atoms with Crippen LogP contribution in [0.5, 0.6) is 0 Å². The third-order valence-electron chi connectivity index (χ3n) is 4.38. The van der Waals surface area contributed by atoms with Gasteiger partial charge in [-0.15, -0.1) is 7.92 Å². The molecule has 0 aliphatic rings. The molecule has 0 heterocycles. The van der Waals surface area contributed by atoms with E-state index < -0.39 is 7.92 Å². The molecule has 0 nitrogen and oxygen atoms in total. The van der Waals surface area contributed by atoms with Crippen molar-refractivity contribution >= 4 is 31.8 Å². The number of benzene rings is 3. The standard InChI is InChI=1S/C18H15P.C6H15P/c1-4-10-16(11-5-1)19(17-12-6-2-7-13-17)18-14-8-3-9-15-18;1-4-7(5-2)6-3/h1-15H;4-6H2,1-3H3. The molecular weight excluding hydrogens is 350 g/mol. The van der Waals surface area contributed by atoms with Crippen molar-refractivity contribution in [1.29, 1.82) is 0 Å². The van der Waals surface area contributed by atoms with Gasteiger partial charge in [0.2, 0.25) is 0 Å². The average molecular weight is 380 g/mol. The van der Waals surface area contributed by atoms with Gasteiger partial charge >= 0.3 is 0 Å². The minimum Gasteiger partial charge on any atom is -0.108 e. The predicted molar refractivity (Wildman–Crippen MR) is 124 cm³/mol. The van der Waals surface area contributed by atoms with E-state index in [1.165, 1.54) is 34.4 Å². The molecule has 3 aromatic carbocycles. The van der Waals surface area contributed by atoms with Gasteiger partial charge in [0, 0.05) is 0 Å². The maximum absolute atomic E-state index is 2.29. The Labute approximate surface area is 162 Å². The smallest absolute Gasteiger partial charge is 0.0134 e. The van der Waals surface area contributed by atoms with E-state index in [9.17, 15) is 0 Å². The van der Waals surface area contributed by atoms with Crippen LogP contribution in [0.1, 0.15) is 20.8 Å². The summed E-state index contributed by atoms with van der Waals surface area (Å²) in [7, 11) is -0.000000000000000111. The summed E-state index contributed by atoms with van der Waals surface area (Å²) in [5.41, 5.74) is 0. The minimum atomic E-state index is -0.446. The minimum absolute atomic E-state index is 0.446. The summed E-state index contributed by atoms with van der Waals surface area (Å²) < 4.78 is 0. The highest BCUT2D eigenvalue weighted by Crippen LogP contribution is 2.33. The van der Waals surface area contributed by atoms with Gasteiger partial charge in [-0.1, -0.05) is 112 Å². The van der Waals surface area contributed by atoms with Crippen molar-refractivity contribution in [1.82, 2.24) is 0 Å². The lowest BCUT2D eigenvalue weighted by Crippen LogP contribution is -2.20. The highest BCUT2D eigenvalue weighted by molar-refractivity contribution is 7.79. The van der Waals surface area contributed by atoms with E-state index in [1.54, 1.807) is 0 Å². The van der Waals surface area contributed by atoms with Crippen molar-refractivity contribution in [3.05, 3.63) is 91.0 Å². The third kappa shape index (κ3) is 6.35. The van der Waals surface area contributed by atoms with Gasteiger partial charge in [-0.25, -0.2) is 0 Å². The molecule has 0 N–H and O–H groups in total. The second kappa shape index (κ2) is 12.0. The molecule has 3 rings (SSSR count). The maximum atomic E-state index is 2.29. The zero-order chi connectivity index (χ0) is 18.6. The Morgan fingerprint density at radius 2 is 0.731 bits per heavy atom. The monoisotopic (exact) mass is 380 g/mol. The second-order valence-electron chi connectivity index (χ2n) is 5.96. The van der Waals surface area contributed by atoms with Crippen molar-refractivity contribution in [3.63, 3.8) is 0 Å². The summed E-state index contributed by atoms with van der Waals surface area (Å²) in [5.74, 6) is 0. The van der Waals surface area contributed by atoms with Gasteiger partial charge in [-0.3, -0.25) is 0 Å². The average Bonchev–Trinajstić information content (AvgIpc) is 2.72. The molecule has 0 aliphatic carbocycles. The Bertz CT molecular complexity index is 608. The van der Waals surface area contributed by atoms with Crippen LogP contribution < -0.4 is 15.9 Å². The summed E-state index contributed by atoms with van der Waals surface area (Å²) in [5, 5.41) is 4.19. The van der Waals surface area contributed by atoms with E-state index in [2.05, 4.69) is 112 Å². The molecule has 0 saturated heterocycles. The van der Waals surface area contributed by atoms with Crippen molar-refractivity contribution in [2.24, 2.45) is 0 Å². The quantitative estimate of drug-likeness (QED) is 0.462. The molecule has 0 amide bonds. The van der Waals surface area contributed by atoms with Gasteiger partial charge in [-0.2, -0.15) is 0 Å². The van der Waals surface area contributed by atoms with Crippen molar-refractivity contribution in [2.75, 3.05) is 18.5 Å². The van der Waals surface area contributed by atoms with Crippen molar-refractivity contribution < 1.29 is 0 Å². The SMILES string of the molecule is CCP(CC)CC.c1ccc(P(c2ccccc2)c2ccccc2)cc1. The largest absolute Gasteiger partial charge is 0.108 e. The molecule has 3 aromatic rings. The molecule has 0 aromatic heterocycles. The van der Waals surface area contributed by atoms with Crippen LogP contribution in [0, 0.1) is 0 Å². The van der Waals surface area contributed by atoms with Crippen LogP contribution in [0.15, 0.2) is 91.0 Å². The van der Waals surface area contributed by atoms with Crippen LogP contribution in [0.4, 0.5) is 0 Å². The topological polar surface area (TPSA) is 0 Å². The zero-order valence-corrected chi connectivity index (χ0v) is 18.0. The lowest BCUT2D eigenvalue weighted by atomic mass is 10.4. The normalized spacial score (nSPS) is 10.5. The lowest BCUT2D eigenvalue weighted by molar-refractivity contribution is 1.35. The molecule has 2 heteroatoms. The first-order valence-electron chi connectivity index (χ1n) is 9.47. The van der Waals surface area contributed by atoms with Crippen LogP contribution >= 0.6 is 15.8 Å². The molecular formula is C24H30P2. The Hall–Kier alpha value is -1.48. The van der Waals surface area contributed by atoms with Gasteiger partial charge in [-0.05, 0) is 42.3 Å². The molecule has 0 fully saturated rings. The van der Waals surface area contributed by atoms with Crippen LogP contribution in [0.2, 0.25) is 0 Å². The Balaban J connectivity index is 0.000000298. The van der Waals surface area contributed by atoms with E-state index in [0.29, 0.717) is 7.92 Å². The molecule has 0 radical (unpaired) electrons. The molecule has 0 bridgehead atoms. The van der Waals surface area contributed by atoms with Gasteiger partial charge in [0.15, 0.2) is 0 Å². The molecule has 0 saturated carbocycles. The summed E-state index contributed by atoms with van der Waals surface area (Å²) in [6.07, 6.45) is 4.26. The fraction of sp³-hybridized carbons (Fsp3) is 0.250. The summed E-state index contributed by atoms with van der Waals surface area (Å²) in [4.78, 5) is 0. The van der Waals surface area contributed by atoms with Gasteiger partial charge in [0.05, 0.1) is 0 Å². The third-order valence-corrected chi connectivity index (χ3v) is 9.51. The first kappa shape index (κ1) is 20.8. The predicted octanol–water partition coefficient (Wildman–Crippen LogP) is 5.97. The Morgan fingerprint density at radius 3 is 0.923 bits per heavy atom. The van der Waals surface area contributed by atoms with Crippen LogP contribution in [0.3, 0.4) is 0 Å². The number of rotatable bonds is 6. The van der Waals surface area contributed by atoms with E-state index >= 15 is 0 Å². The van der Waals surface area contributed by atoms with E-state index in [1.807, 2.05) is 0 Å². The van der Waals surface area contributed by atoms with Gasteiger partial charge in [0.25, 0.3) is 0 Å². The zero-order valence-electron chi connectivity index (χ0n) is 16.2. The van der Waals surface area contributed by atoms with Gasteiger partial charge < -0.3 is 0 Å². The van der Waals surface area contributed by atoms with Gasteiger partial charge in [0.1, 0.15) is 0 Å². The Kier molecular flexibility index (Phi) is 9.62. The molecule has 0 aliphatic heterocycles. The van der Waals surface area contributed by atoms with Crippen LogP contribution in [0.25, 0.3) is 0 Å². The van der Waals surface area contributed by atoms with E-state index in [0.717, 1.165) is 0 Å². The van der Waals surface area contributed by atoms with E-state index in [4.69, 9.17) is 0 Å². The van der Waals surface area contributed by atoms with Crippen molar-refractivity contribution in [2.45, 2.75) is 20.8 Å². The van der Waals surface area contributed by atoms with Crippen molar-refractivity contribution in [3.8, 4) is 0 Å². The first-order valence-corrected chi connectivity index (χ1v) is 12.7. The molecule has 0 unspecified atom stereocenters. The number of hydrogen-bond acceptors (Lipinski definition) is 0. The van der Waals surface area contributed by atoms with E-state index in [-0.39, 0.29) is 0 Å². The molecule has 0 spiro atoms. The molecule has 26 heavy (non-hydrogen) atoms. The molecule has 0 atom stereocenters. The highest BCUT2D eigenvalue weighted by Gasteiger charge is 2.14. The first-order chi connectivity index (χ1) is 12.8. The fourth-order valence-electron chi connectivity index (χ4n) is 2.85. The Morgan fingerprint density at radius 1 is 0.462 bits per heavy atom. The lowest BCUT2D eigenvalue weighted by Gasteiger charge is -2.18.